The molecule has 0 radical (unpaired) electrons. The van der Waals surface area contributed by atoms with E-state index in [1.165, 1.54) is 13.3 Å². The Morgan fingerprint density at radius 3 is 2.71 bits per heavy atom. The molecule has 0 amide bonds. The molecule has 0 saturated carbocycles. The Balaban J connectivity index is 2.84. The first-order valence-corrected chi connectivity index (χ1v) is 4.33. The van der Waals surface area contributed by atoms with Crippen LogP contribution >= 0.6 is 0 Å². The molecule has 0 bridgehead atoms. The number of aromatic nitrogens is 1. The van der Waals surface area contributed by atoms with Crippen LogP contribution in [-0.4, -0.2) is 24.2 Å². The van der Waals surface area contributed by atoms with E-state index in [1.807, 2.05) is 13.8 Å². The third-order valence-corrected chi connectivity index (χ3v) is 1.51. The molecular weight excluding hydrogens is 182 g/mol. The molecule has 1 aromatic rings. The maximum atomic E-state index is 11.1. The quantitative estimate of drug-likeness (QED) is 0.688. The number of ether oxygens (including phenoxy) is 2. The van der Waals surface area contributed by atoms with Gasteiger partial charge in [0.2, 0.25) is 0 Å². The monoisotopic (exact) mass is 195 g/mol. The van der Waals surface area contributed by atoms with Crippen molar-refractivity contribution in [2.45, 2.75) is 20.0 Å². The summed E-state index contributed by atoms with van der Waals surface area (Å²) in [5.74, 6) is 0.162. The third-order valence-electron chi connectivity index (χ3n) is 1.51. The highest BCUT2D eigenvalue weighted by Gasteiger charge is 2.07. The Morgan fingerprint density at radius 2 is 2.14 bits per heavy atom. The van der Waals surface area contributed by atoms with E-state index < -0.39 is 5.97 Å². The van der Waals surface area contributed by atoms with Crippen molar-refractivity contribution in [1.82, 2.24) is 4.98 Å². The summed E-state index contributed by atoms with van der Waals surface area (Å²) in [6.07, 6.45) is 3.07. The lowest BCUT2D eigenvalue weighted by atomic mass is 10.3. The largest absolute Gasteiger partial charge is 0.489 e. The summed E-state index contributed by atoms with van der Waals surface area (Å²) in [6, 6.07) is 1.61. The summed E-state index contributed by atoms with van der Waals surface area (Å²) in [5.41, 5.74) is 0.394. The zero-order valence-corrected chi connectivity index (χ0v) is 8.48. The number of rotatable bonds is 3. The molecule has 0 aromatic carbocycles. The van der Waals surface area contributed by atoms with Gasteiger partial charge in [-0.25, -0.2) is 4.79 Å². The number of carbonyl (C=O) groups excluding carboxylic acids is 1. The summed E-state index contributed by atoms with van der Waals surface area (Å²) in [6.45, 7) is 3.82. The summed E-state index contributed by atoms with van der Waals surface area (Å²) >= 11 is 0. The summed E-state index contributed by atoms with van der Waals surface area (Å²) in [4.78, 5) is 15.0. The van der Waals surface area contributed by atoms with E-state index in [2.05, 4.69) is 9.72 Å². The second-order valence-corrected chi connectivity index (χ2v) is 3.07. The topological polar surface area (TPSA) is 48.4 Å². The normalized spacial score (nSPS) is 10.0. The molecule has 1 heterocycles. The van der Waals surface area contributed by atoms with Crippen molar-refractivity contribution in [2.24, 2.45) is 0 Å². The molecule has 0 aliphatic rings. The summed E-state index contributed by atoms with van der Waals surface area (Å²) < 4.78 is 9.94. The zero-order valence-electron chi connectivity index (χ0n) is 8.48. The van der Waals surface area contributed by atoms with E-state index >= 15 is 0 Å². The van der Waals surface area contributed by atoms with Gasteiger partial charge in [-0.05, 0) is 19.9 Å². The van der Waals surface area contributed by atoms with Crippen molar-refractivity contribution in [3.63, 3.8) is 0 Å². The first kappa shape index (κ1) is 10.5. The lowest BCUT2D eigenvalue weighted by Crippen LogP contribution is -2.07. The maximum absolute atomic E-state index is 11.1. The van der Waals surface area contributed by atoms with Crippen LogP contribution in [0.2, 0.25) is 0 Å². The van der Waals surface area contributed by atoms with E-state index in [0.29, 0.717) is 11.3 Å². The van der Waals surface area contributed by atoms with Crippen molar-refractivity contribution in [3.8, 4) is 5.75 Å². The molecule has 76 valence electrons. The fraction of sp³-hybridized carbons (Fsp3) is 0.400. The predicted molar refractivity (Wildman–Crippen MR) is 51.3 cm³/mol. The minimum absolute atomic E-state index is 0.0599. The average molecular weight is 195 g/mol. The highest BCUT2D eigenvalue weighted by molar-refractivity contribution is 5.89. The fourth-order valence-corrected chi connectivity index (χ4v) is 0.985. The number of carbonyl (C=O) groups is 1. The molecule has 0 aliphatic carbocycles. The highest BCUT2D eigenvalue weighted by Crippen LogP contribution is 2.13. The van der Waals surface area contributed by atoms with Crippen LogP contribution in [0.4, 0.5) is 0 Å². The van der Waals surface area contributed by atoms with Crippen molar-refractivity contribution in [2.75, 3.05) is 7.11 Å². The van der Waals surface area contributed by atoms with Gasteiger partial charge in [-0.15, -0.1) is 0 Å². The van der Waals surface area contributed by atoms with Gasteiger partial charge in [-0.2, -0.15) is 0 Å². The molecule has 1 rings (SSSR count). The minimum atomic E-state index is -0.410. The fourth-order valence-electron chi connectivity index (χ4n) is 0.985. The van der Waals surface area contributed by atoms with Crippen LogP contribution in [0.5, 0.6) is 5.75 Å². The smallest absolute Gasteiger partial charge is 0.339 e. The van der Waals surface area contributed by atoms with Crippen LogP contribution < -0.4 is 4.74 Å². The van der Waals surface area contributed by atoms with Gasteiger partial charge in [0.25, 0.3) is 0 Å². The SMILES string of the molecule is COC(=O)c1cncc(OC(C)C)c1. The minimum Gasteiger partial charge on any atom is -0.489 e. The van der Waals surface area contributed by atoms with Crippen LogP contribution in [0.15, 0.2) is 18.5 Å². The second-order valence-electron chi connectivity index (χ2n) is 3.07. The molecule has 4 heteroatoms. The molecule has 0 atom stereocenters. The molecule has 1 aromatic heterocycles. The van der Waals surface area contributed by atoms with Gasteiger partial charge in [0.05, 0.1) is 25.0 Å². The number of esters is 1. The highest BCUT2D eigenvalue weighted by atomic mass is 16.5. The Labute approximate surface area is 82.9 Å². The van der Waals surface area contributed by atoms with E-state index in [1.54, 1.807) is 12.3 Å². The van der Waals surface area contributed by atoms with Crippen LogP contribution in [-0.2, 0) is 4.74 Å². The zero-order chi connectivity index (χ0) is 10.6. The van der Waals surface area contributed by atoms with Gasteiger partial charge in [0.15, 0.2) is 0 Å². The van der Waals surface area contributed by atoms with Crippen LogP contribution in [0.25, 0.3) is 0 Å². The van der Waals surface area contributed by atoms with Gasteiger partial charge in [-0.1, -0.05) is 0 Å². The lowest BCUT2D eigenvalue weighted by Gasteiger charge is -2.09. The molecule has 0 spiro atoms. The molecule has 0 saturated heterocycles. The van der Waals surface area contributed by atoms with Gasteiger partial charge < -0.3 is 9.47 Å². The predicted octanol–water partition coefficient (Wildman–Crippen LogP) is 1.66. The van der Waals surface area contributed by atoms with Gasteiger partial charge >= 0.3 is 5.97 Å². The van der Waals surface area contributed by atoms with Crippen LogP contribution in [0.1, 0.15) is 24.2 Å². The Morgan fingerprint density at radius 1 is 1.43 bits per heavy atom. The number of hydrogen-bond acceptors (Lipinski definition) is 4. The lowest BCUT2D eigenvalue weighted by molar-refractivity contribution is 0.0599. The van der Waals surface area contributed by atoms with Gasteiger partial charge in [-0.3, -0.25) is 4.98 Å². The Kier molecular flexibility index (Phi) is 3.45. The van der Waals surface area contributed by atoms with E-state index in [-0.39, 0.29) is 6.10 Å². The molecule has 0 unspecified atom stereocenters. The van der Waals surface area contributed by atoms with E-state index in [0.717, 1.165) is 0 Å². The van der Waals surface area contributed by atoms with Crippen molar-refractivity contribution in [3.05, 3.63) is 24.0 Å². The molecule has 0 fully saturated rings. The van der Waals surface area contributed by atoms with Gasteiger partial charge in [0, 0.05) is 6.20 Å². The molecule has 0 aliphatic heterocycles. The molecule has 0 N–H and O–H groups in total. The van der Waals surface area contributed by atoms with Gasteiger partial charge in [0.1, 0.15) is 5.75 Å². The summed E-state index contributed by atoms with van der Waals surface area (Å²) in [7, 11) is 1.33. The number of hydrogen-bond donors (Lipinski definition) is 0. The number of nitrogens with zero attached hydrogens (tertiary/aromatic N) is 1. The number of pyridine rings is 1. The van der Waals surface area contributed by atoms with E-state index in [4.69, 9.17) is 4.74 Å². The Hall–Kier alpha value is -1.58. The average Bonchev–Trinajstić information content (AvgIpc) is 2.16. The molecule has 4 nitrogen and oxygen atoms in total. The standard InChI is InChI=1S/C10H13NO3/c1-7(2)14-9-4-8(5-11-6-9)10(12)13-3/h4-7H,1-3H3. The van der Waals surface area contributed by atoms with Crippen LogP contribution in [0.3, 0.4) is 0 Å². The van der Waals surface area contributed by atoms with Crippen molar-refractivity contribution < 1.29 is 14.3 Å². The van der Waals surface area contributed by atoms with E-state index in [9.17, 15) is 4.79 Å². The molecule has 14 heavy (non-hydrogen) atoms. The Bertz CT molecular complexity index is 323. The molecular formula is C10H13NO3. The first-order valence-electron chi connectivity index (χ1n) is 4.33. The second kappa shape index (κ2) is 4.60. The number of methoxy groups -OCH3 is 1. The third kappa shape index (κ3) is 2.73. The maximum Gasteiger partial charge on any atom is 0.339 e. The first-order chi connectivity index (χ1) is 6.63. The van der Waals surface area contributed by atoms with Crippen molar-refractivity contribution in [1.29, 1.82) is 0 Å². The van der Waals surface area contributed by atoms with Crippen LogP contribution in [0, 0.1) is 0 Å². The summed E-state index contributed by atoms with van der Waals surface area (Å²) in [5, 5.41) is 0. The van der Waals surface area contributed by atoms with Crippen molar-refractivity contribution >= 4 is 5.97 Å².